The third-order valence-electron chi connectivity index (χ3n) is 3.44. The van der Waals surface area contributed by atoms with E-state index in [0.29, 0.717) is 12.1 Å². The van der Waals surface area contributed by atoms with Crippen molar-refractivity contribution >= 4 is 23.1 Å². The molecule has 0 atom stereocenters. The summed E-state index contributed by atoms with van der Waals surface area (Å²) in [6.45, 7) is 2.71. The number of nitrogens with zero attached hydrogens (tertiary/aromatic N) is 2. The number of carbonyl (C=O) groups is 1. The number of rotatable bonds is 4. The van der Waals surface area contributed by atoms with Crippen molar-refractivity contribution in [1.29, 1.82) is 0 Å². The van der Waals surface area contributed by atoms with E-state index in [9.17, 15) is 4.79 Å². The van der Waals surface area contributed by atoms with Gasteiger partial charge in [-0.2, -0.15) is 0 Å². The third kappa shape index (κ3) is 2.99. The summed E-state index contributed by atoms with van der Waals surface area (Å²) >= 11 is 1.64. The Balaban J connectivity index is 1.60. The molecule has 3 rings (SSSR count). The quantitative estimate of drug-likeness (QED) is 0.940. The van der Waals surface area contributed by atoms with Crippen LogP contribution in [-0.2, 0) is 6.54 Å². The Hall–Kier alpha value is -1.88. The normalized spacial score (nSPS) is 14.5. The molecule has 3 heterocycles. The van der Waals surface area contributed by atoms with Gasteiger partial charge in [0.05, 0.1) is 12.1 Å². The minimum Gasteiger partial charge on any atom is -0.357 e. The summed E-state index contributed by atoms with van der Waals surface area (Å²) in [7, 11) is 0. The highest BCUT2D eigenvalue weighted by molar-refractivity contribution is 7.09. The van der Waals surface area contributed by atoms with Crippen molar-refractivity contribution in [2.45, 2.75) is 19.4 Å². The van der Waals surface area contributed by atoms with Crippen molar-refractivity contribution in [3.8, 4) is 0 Å². The van der Waals surface area contributed by atoms with E-state index in [1.54, 1.807) is 17.5 Å². The Morgan fingerprint density at radius 3 is 2.80 bits per heavy atom. The van der Waals surface area contributed by atoms with Gasteiger partial charge in [0, 0.05) is 24.2 Å². The largest absolute Gasteiger partial charge is 0.357 e. The molecule has 5 heteroatoms. The lowest BCUT2D eigenvalue weighted by atomic mass is 10.2. The molecule has 0 spiro atoms. The number of nitrogens with one attached hydrogen (secondary N) is 1. The van der Waals surface area contributed by atoms with Gasteiger partial charge >= 0.3 is 0 Å². The Bertz CT molecular complexity index is 559. The first-order chi connectivity index (χ1) is 9.83. The number of amides is 1. The van der Waals surface area contributed by atoms with Crippen molar-refractivity contribution in [3.05, 3.63) is 46.3 Å². The number of thiophene rings is 1. The number of carbonyl (C=O) groups excluding carboxylic acids is 1. The van der Waals surface area contributed by atoms with Crippen LogP contribution in [0.4, 0.5) is 5.82 Å². The van der Waals surface area contributed by atoms with Crippen LogP contribution < -0.4 is 10.2 Å². The topological polar surface area (TPSA) is 45.2 Å². The zero-order valence-electron chi connectivity index (χ0n) is 11.2. The number of aromatic nitrogens is 1. The summed E-state index contributed by atoms with van der Waals surface area (Å²) in [5, 5.41) is 4.92. The second-order valence-electron chi connectivity index (χ2n) is 4.86. The van der Waals surface area contributed by atoms with Gasteiger partial charge in [-0.25, -0.2) is 4.98 Å². The fourth-order valence-corrected chi connectivity index (χ4v) is 2.98. The van der Waals surface area contributed by atoms with Crippen LogP contribution in [0.15, 0.2) is 35.8 Å². The van der Waals surface area contributed by atoms with E-state index in [1.807, 2.05) is 29.6 Å². The predicted molar refractivity (Wildman–Crippen MR) is 81.2 cm³/mol. The van der Waals surface area contributed by atoms with Crippen LogP contribution in [0.3, 0.4) is 0 Å². The van der Waals surface area contributed by atoms with Gasteiger partial charge in [-0.05, 0) is 36.4 Å². The van der Waals surface area contributed by atoms with Gasteiger partial charge in [0.25, 0.3) is 5.91 Å². The average Bonchev–Trinajstić information content (AvgIpc) is 3.18. The van der Waals surface area contributed by atoms with Crippen molar-refractivity contribution in [2.75, 3.05) is 18.0 Å². The van der Waals surface area contributed by atoms with Gasteiger partial charge in [0.1, 0.15) is 5.82 Å². The maximum atomic E-state index is 12.0. The van der Waals surface area contributed by atoms with Crippen molar-refractivity contribution in [2.24, 2.45) is 0 Å². The molecule has 1 aliphatic heterocycles. The van der Waals surface area contributed by atoms with E-state index in [2.05, 4.69) is 15.2 Å². The summed E-state index contributed by atoms with van der Waals surface area (Å²) in [6.07, 6.45) is 4.12. The fourth-order valence-electron chi connectivity index (χ4n) is 2.34. The van der Waals surface area contributed by atoms with Crippen LogP contribution in [-0.4, -0.2) is 24.0 Å². The molecule has 0 saturated carbocycles. The van der Waals surface area contributed by atoms with Gasteiger partial charge in [-0.1, -0.05) is 6.07 Å². The molecule has 0 unspecified atom stereocenters. The monoisotopic (exact) mass is 287 g/mol. The average molecular weight is 287 g/mol. The maximum Gasteiger partial charge on any atom is 0.253 e. The van der Waals surface area contributed by atoms with E-state index < -0.39 is 0 Å². The molecule has 20 heavy (non-hydrogen) atoms. The van der Waals surface area contributed by atoms with E-state index in [0.717, 1.165) is 23.8 Å². The SMILES string of the molecule is O=C(NCc1cccs1)c1ccc(N2CCCC2)nc1. The van der Waals surface area contributed by atoms with E-state index >= 15 is 0 Å². The highest BCUT2D eigenvalue weighted by atomic mass is 32.1. The minimum absolute atomic E-state index is 0.0705. The predicted octanol–water partition coefficient (Wildman–Crippen LogP) is 2.67. The second-order valence-corrected chi connectivity index (χ2v) is 5.89. The molecule has 0 aromatic carbocycles. The number of anilines is 1. The van der Waals surface area contributed by atoms with Gasteiger partial charge in [-0.15, -0.1) is 11.3 Å². The van der Waals surface area contributed by atoms with Crippen LogP contribution >= 0.6 is 11.3 Å². The third-order valence-corrected chi connectivity index (χ3v) is 4.32. The van der Waals surface area contributed by atoms with E-state index in [1.165, 1.54) is 12.8 Å². The van der Waals surface area contributed by atoms with E-state index in [-0.39, 0.29) is 5.91 Å². The Kier molecular flexibility index (Phi) is 3.97. The Labute approximate surface area is 122 Å². The molecule has 1 N–H and O–H groups in total. The maximum absolute atomic E-state index is 12.0. The van der Waals surface area contributed by atoms with Crippen molar-refractivity contribution in [1.82, 2.24) is 10.3 Å². The molecule has 2 aromatic rings. The molecule has 0 aliphatic carbocycles. The summed E-state index contributed by atoms with van der Waals surface area (Å²) in [4.78, 5) is 19.8. The molecule has 1 aliphatic rings. The minimum atomic E-state index is -0.0705. The first-order valence-corrected chi connectivity index (χ1v) is 7.72. The molecule has 1 amide bonds. The van der Waals surface area contributed by atoms with Gasteiger partial charge in [0.15, 0.2) is 0 Å². The molecule has 0 radical (unpaired) electrons. The molecule has 104 valence electrons. The van der Waals surface area contributed by atoms with Gasteiger partial charge in [0.2, 0.25) is 0 Å². The molecule has 1 fully saturated rings. The highest BCUT2D eigenvalue weighted by Gasteiger charge is 2.14. The Morgan fingerprint density at radius 1 is 1.30 bits per heavy atom. The van der Waals surface area contributed by atoms with Crippen molar-refractivity contribution in [3.63, 3.8) is 0 Å². The zero-order chi connectivity index (χ0) is 13.8. The molecular formula is C15H17N3OS. The van der Waals surface area contributed by atoms with Gasteiger partial charge < -0.3 is 10.2 Å². The standard InChI is InChI=1S/C15H17N3OS/c19-15(17-11-13-4-3-9-20-13)12-5-6-14(16-10-12)18-7-1-2-8-18/h3-6,9-10H,1-2,7-8,11H2,(H,17,19). The summed E-state index contributed by atoms with van der Waals surface area (Å²) in [5.74, 6) is 0.899. The molecule has 2 aromatic heterocycles. The lowest BCUT2D eigenvalue weighted by Crippen LogP contribution is -2.23. The Morgan fingerprint density at radius 2 is 2.15 bits per heavy atom. The van der Waals surface area contributed by atoms with Crippen LogP contribution in [0.5, 0.6) is 0 Å². The lowest BCUT2D eigenvalue weighted by molar-refractivity contribution is 0.0951. The molecule has 4 nitrogen and oxygen atoms in total. The number of hydrogen-bond donors (Lipinski definition) is 1. The molecule has 1 saturated heterocycles. The van der Waals surface area contributed by atoms with Gasteiger partial charge in [-0.3, -0.25) is 4.79 Å². The van der Waals surface area contributed by atoms with Crippen LogP contribution in [0.2, 0.25) is 0 Å². The van der Waals surface area contributed by atoms with Crippen molar-refractivity contribution < 1.29 is 4.79 Å². The van der Waals surface area contributed by atoms with Crippen LogP contribution in [0.25, 0.3) is 0 Å². The summed E-state index contributed by atoms with van der Waals surface area (Å²) in [6, 6.07) is 7.79. The zero-order valence-corrected chi connectivity index (χ0v) is 12.0. The second kappa shape index (κ2) is 6.05. The summed E-state index contributed by atoms with van der Waals surface area (Å²) < 4.78 is 0. The van der Waals surface area contributed by atoms with Crippen LogP contribution in [0, 0.1) is 0 Å². The first-order valence-electron chi connectivity index (χ1n) is 6.84. The first kappa shape index (κ1) is 13.1. The van der Waals surface area contributed by atoms with Crippen LogP contribution in [0.1, 0.15) is 28.1 Å². The number of hydrogen-bond acceptors (Lipinski definition) is 4. The fraction of sp³-hybridized carbons (Fsp3) is 0.333. The molecular weight excluding hydrogens is 270 g/mol. The summed E-state index contributed by atoms with van der Waals surface area (Å²) in [5.41, 5.74) is 0.615. The molecule has 0 bridgehead atoms. The van der Waals surface area contributed by atoms with E-state index in [4.69, 9.17) is 0 Å². The smallest absolute Gasteiger partial charge is 0.253 e. The lowest BCUT2D eigenvalue weighted by Gasteiger charge is -2.16. The highest BCUT2D eigenvalue weighted by Crippen LogP contribution is 2.17. The number of pyridine rings is 1.